The summed E-state index contributed by atoms with van der Waals surface area (Å²) in [5.41, 5.74) is -10.4. The molecule has 3 unspecified atom stereocenters. The van der Waals surface area contributed by atoms with Gasteiger partial charge in [-0.25, -0.2) is 19.2 Å². The van der Waals surface area contributed by atoms with Crippen LogP contribution in [0.25, 0.3) is 0 Å². The van der Waals surface area contributed by atoms with Crippen LogP contribution >= 0.6 is 0 Å². The van der Waals surface area contributed by atoms with Crippen molar-refractivity contribution in [2.24, 2.45) is 22.2 Å². The van der Waals surface area contributed by atoms with E-state index in [0.717, 1.165) is 14.0 Å². The predicted octanol–water partition coefficient (Wildman–Crippen LogP) is 3.27. The molecule has 3 N–H and O–H groups in total. The highest BCUT2D eigenvalue weighted by atomic mass is 16.8. The number of nitrogens with one attached hydrogen (secondary N) is 1. The van der Waals surface area contributed by atoms with Crippen LogP contribution in [-0.4, -0.2) is 125 Å². The monoisotopic (exact) mass is 857 g/mol. The van der Waals surface area contributed by atoms with Gasteiger partial charge in [0, 0.05) is 25.2 Å². The quantitative estimate of drug-likeness (QED) is 0.202. The van der Waals surface area contributed by atoms with Gasteiger partial charge < -0.3 is 53.4 Å². The van der Waals surface area contributed by atoms with E-state index in [1.807, 2.05) is 0 Å². The number of alkyl carbamates (subject to hydrolysis) is 1. The van der Waals surface area contributed by atoms with Gasteiger partial charge in [-0.3, -0.25) is 14.4 Å². The van der Waals surface area contributed by atoms with E-state index in [-0.39, 0.29) is 23.1 Å². The van der Waals surface area contributed by atoms with E-state index in [2.05, 4.69) is 5.32 Å². The highest BCUT2D eigenvalue weighted by Crippen LogP contribution is 2.64. The van der Waals surface area contributed by atoms with Crippen LogP contribution < -0.4 is 5.32 Å². The van der Waals surface area contributed by atoms with Crippen molar-refractivity contribution in [1.29, 1.82) is 0 Å². The van der Waals surface area contributed by atoms with Crippen molar-refractivity contribution >= 4 is 41.9 Å². The van der Waals surface area contributed by atoms with E-state index in [1.165, 1.54) is 53.7 Å². The summed E-state index contributed by atoms with van der Waals surface area (Å²) >= 11 is 0. The SMILES string of the molecule is COC(=O)O[C@@]12CO[C@@H]1CC(O)[C@@]1(C)C(=O)[C@H](OC(C)=O)C3=C(C)[C@H](OC(=O)C4OC(=O)C(C)(C)[C@@H]4NC(=O)OC(C)(C)C)C[C@@](O)([C@@H](OC(=O)c4ccccc4)C12)C3(C)C. The van der Waals surface area contributed by atoms with Crippen LogP contribution in [0.15, 0.2) is 41.5 Å². The highest BCUT2D eigenvalue weighted by Gasteiger charge is 2.78. The molecule has 334 valence electrons. The first-order valence-corrected chi connectivity index (χ1v) is 20.1. The van der Waals surface area contributed by atoms with E-state index in [9.17, 15) is 39.0 Å². The number of rotatable bonds is 7. The van der Waals surface area contributed by atoms with Gasteiger partial charge in [-0.1, -0.05) is 32.0 Å². The molecule has 6 rings (SSSR count). The van der Waals surface area contributed by atoms with Crippen molar-refractivity contribution in [3.63, 3.8) is 0 Å². The molecule has 18 heteroatoms. The van der Waals surface area contributed by atoms with Crippen LogP contribution in [0, 0.1) is 22.2 Å². The minimum Gasteiger partial charge on any atom is -0.455 e. The topological polar surface area (TPSA) is 246 Å². The number of benzene rings is 1. The first kappa shape index (κ1) is 45.5. The van der Waals surface area contributed by atoms with Gasteiger partial charge in [0.25, 0.3) is 0 Å². The summed E-state index contributed by atoms with van der Waals surface area (Å²) in [4.78, 5) is 96.3. The number of cyclic esters (lactones) is 1. The number of ether oxygens (including phenoxy) is 8. The lowest BCUT2D eigenvalue weighted by Crippen LogP contribution is -2.82. The van der Waals surface area contributed by atoms with Gasteiger partial charge >= 0.3 is 36.1 Å². The molecule has 3 aliphatic carbocycles. The molecular weight excluding hydrogens is 802 g/mol. The van der Waals surface area contributed by atoms with Gasteiger partial charge in [0.2, 0.25) is 6.10 Å². The minimum atomic E-state index is -2.44. The van der Waals surface area contributed by atoms with E-state index < -0.39 is 137 Å². The van der Waals surface area contributed by atoms with Crippen LogP contribution in [0.2, 0.25) is 0 Å². The lowest BCUT2D eigenvalue weighted by atomic mass is 9.44. The van der Waals surface area contributed by atoms with Crippen LogP contribution in [0.5, 0.6) is 0 Å². The molecule has 4 fully saturated rings. The number of hydrogen-bond donors (Lipinski definition) is 3. The number of fused-ring (bicyclic) bond motifs is 5. The van der Waals surface area contributed by atoms with Gasteiger partial charge in [-0.05, 0) is 71.7 Å². The largest absolute Gasteiger partial charge is 0.508 e. The lowest BCUT2D eigenvalue weighted by Gasteiger charge is -2.67. The number of aliphatic hydroxyl groups is 2. The summed E-state index contributed by atoms with van der Waals surface area (Å²) in [5, 5.41) is 28.3. The predicted molar refractivity (Wildman–Crippen MR) is 207 cm³/mol. The fourth-order valence-electron chi connectivity index (χ4n) is 9.87. The van der Waals surface area contributed by atoms with Gasteiger partial charge in [0.15, 0.2) is 17.5 Å². The van der Waals surface area contributed by atoms with Crippen molar-refractivity contribution in [2.75, 3.05) is 13.7 Å². The Bertz CT molecular complexity index is 2040. The number of Topliss-reactive ketones (excluding diaryl/α,β-unsaturated/α-hetero) is 1. The second-order valence-corrected chi connectivity index (χ2v) is 18.8. The maximum absolute atomic E-state index is 15.5. The molecule has 1 aromatic rings. The average molecular weight is 858 g/mol. The fraction of sp³-hybridized carbons (Fsp3) is 0.651. The molecule has 5 aliphatic rings. The first-order valence-electron chi connectivity index (χ1n) is 20.1. The average Bonchev–Trinajstić information content (AvgIpc) is 3.38. The number of methoxy groups -OCH3 is 1. The maximum Gasteiger partial charge on any atom is 0.508 e. The van der Waals surface area contributed by atoms with Gasteiger partial charge in [-0.2, -0.15) is 0 Å². The van der Waals surface area contributed by atoms with Crippen molar-refractivity contribution < 1.29 is 81.7 Å². The Morgan fingerprint density at radius 3 is 2.15 bits per heavy atom. The third-order valence-corrected chi connectivity index (χ3v) is 13.3. The maximum atomic E-state index is 15.5. The van der Waals surface area contributed by atoms with E-state index in [4.69, 9.17) is 37.9 Å². The van der Waals surface area contributed by atoms with Gasteiger partial charge in [0.05, 0.1) is 48.2 Å². The summed E-state index contributed by atoms with van der Waals surface area (Å²) in [6, 6.07) is 6.43. The number of aliphatic hydroxyl groups excluding tert-OH is 1. The molecule has 11 atom stereocenters. The molecule has 2 heterocycles. The summed E-state index contributed by atoms with van der Waals surface area (Å²) in [6.07, 6.45) is -12.7. The number of carbonyl (C=O) groups is 7. The van der Waals surface area contributed by atoms with E-state index >= 15 is 4.79 Å². The standard InChI is InChI=1S/C43H55NO17/c1-20-23(57-34(49)28-30(39(6,7)35(50)58-28)44-36(51)60-38(3,4)5)18-43(53)32(59-33(48)22-15-13-12-14-16-22)29-41(10,31(47)27(56-21(2)45)26(20)40(43,8)9)24(46)17-25-42(29,19-55-25)61-37(52)54-11/h12-16,23-25,27-30,32,46,53H,17-19H2,1-11H3,(H,44,51)/t23-,24?,25-,27-,28?,29?,30-,32+,41-,42+,43-/m1/s1. The Morgan fingerprint density at radius 2 is 1.59 bits per heavy atom. The molecule has 61 heavy (non-hydrogen) atoms. The van der Waals surface area contributed by atoms with Crippen molar-refractivity contribution in [1.82, 2.24) is 5.32 Å². The summed E-state index contributed by atoms with van der Waals surface area (Å²) in [7, 11) is 1.06. The van der Waals surface area contributed by atoms with Crippen LogP contribution in [-0.2, 0) is 57.1 Å². The zero-order valence-electron chi connectivity index (χ0n) is 36.1. The molecule has 1 amide bonds. The van der Waals surface area contributed by atoms with Crippen LogP contribution in [0.1, 0.15) is 92.4 Å². The van der Waals surface area contributed by atoms with Gasteiger partial charge in [-0.15, -0.1) is 0 Å². The lowest BCUT2D eigenvalue weighted by molar-refractivity contribution is -0.344. The van der Waals surface area contributed by atoms with E-state index in [0.29, 0.717) is 0 Å². The first-order chi connectivity index (χ1) is 28.2. The Labute approximate surface area is 352 Å². The number of amides is 1. The molecule has 2 bridgehead atoms. The second-order valence-electron chi connectivity index (χ2n) is 18.8. The summed E-state index contributed by atoms with van der Waals surface area (Å²) in [5.74, 6) is -6.42. The number of hydrogen-bond acceptors (Lipinski definition) is 17. The molecule has 0 radical (unpaired) electrons. The zero-order valence-corrected chi connectivity index (χ0v) is 36.1. The molecule has 18 nitrogen and oxygen atoms in total. The molecule has 2 saturated carbocycles. The van der Waals surface area contributed by atoms with Crippen molar-refractivity contribution in [3.05, 3.63) is 47.0 Å². The van der Waals surface area contributed by atoms with Gasteiger partial charge in [0.1, 0.15) is 29.5 Å². The molecule has 1 aromatic carbocycles. The normalized spacial score (nSPS) is 36.0. The van der Waals surface area contributed by atoms with Crippen molar-refractivity contribution in [3.8, 4) is 0 Å². The third kappa shape index (κ3) is 7.33. The zero-order chi connectivity index (χ0) is 45.4. The number of carbonyl (C=O) groups excluding carboxylic acids is 7. The summed E-state index contributed by atoms with van der Waals surface area (Å²) < 4.78 is 45.9. The molecule has 0 spiro atoms. The molecule has 2 aliphatic heterocycles. The van der Waals surface area contributed by atoms with Crippen LogP contribution in [0.3, 0.4) is 0 Å². The highest BCUT2D eigenvalue weighted by molar-refractivity contribution is 5.96. The Morgan fingerprint density at radius 1 is 0.951 bits per heavy atom. The minimum absolute atomic E-state index is 0.0334. The Hall–Kier alpha value is -5.07. The number of ketones is 1. The fourth-order valence-corrected chi connectivity index (χ4v) is 9.87. The number of esters is 4. The smallest absolute Gasteiger partial charge is 0.455 e. The summed E-state index contributed by atoms with van der Waals surface area (Å²) in [6.45, 7) is 14.4. The molecule has 0 aromatic heterocycles. The Balaban J connectivity index is 1.55. The Kier molecular flexibility index (Phi) is 11.5. The third-order valence-electron chi connectivity index (χ3n) is 13.3. The molecular formula is C43H55NO17. The second kappa shape index (κ2) is 15.4. The van der Waals surface area contributed by atoms with Crippen LogP contribution in [0.4, 0.5) is 9.59 Å². The molecule has 2 saturated heterocycles. The van der Waals surface area contributed by atoms with Crippen molar-refractivity contribution in [2.45, 2.75) is 142 Å². The van der Waals surface area contributed by atoms with E-state index in [1.54, 1.807) is 39.0 Å².